The number of rotatable bonds is 4. The van der Waals surface area contributed by atoms with Crippen molar-refractivity contribution in [2.24, 2.45) is 11.7 Å². The molecule has 0 aliphatic carbocycles. The lowest BCUT2D eigenvalue weighted by Crippen LogP contribution is -2.41. The average Bonchev–Trinajstić information content (AvgIpc) is 2.39. The van der Waals surface area contributed by atoms with E-state index in [0.717, 1.165) is 24.0 Å². The van der Waals surface area contributed by atoms with Gasteiger partial charge in [-0.25, -0.2) is 0 Å². The first-order valence-corrected chi connectivity index (χ1v) is 8.44. The number of nitrogens with zero attached hydrogens (tertiary/aromatic N) is 1. The number of benzene rings is 1. The summed E-state index contributed by atoms with van der Waals surface area (Å²) in [6.45, 7) is 5.58. The van der Waals surface area contributed by atoms with Crippen molar-refractivity contribution >= 4 is 15.9 Å². The third kappa shape index (κ3) is 3.31. The van der Waals surface area contributed by atoms with Gasteiger partial charge >= 0.3 is 10.2 Å². The number of nitrogens with one attached hydrogen (secondary N) is 1. The van der Waals surface area contributed by atoms with Crippen LogP contribution in [0.4, 0.5) is 5.69 Å². The van der Waals surface area contributed by atoms with E-state index in [0.29, 0.717) is 31.2 Å². The van der Waals surface area contributed by atoms with Gasteiger partial charge in [-0.15, -0.1) is 0 Å². The summed E-state index contributed by atoms with van der Waals surface area (Å²) in [6.07, 6.45) is 1.83. The van der Waals surface area contributed by atoms with Gasteiger partial charge in [0.1, 0.15) is 0 Å². The maximum absolute atomic E-state index is 12.4. The van der Waals surface area contributed by atoms with Crippen molar-refractivity contribution in [3.8, 4) is 0 Å². The van der Waals surface area contributed by atoms with E-state index in [1.54, 1.807) is 6.07 Å². The molecule has 3 N–H and O–H groups in total. The van der Waals surface area contributed by atoms with Crippen LogP contribution >= 0.6 is 0 Å². The molecule has 0 unspecified atom stereocenters. The molecule has 6 heteroatoms. The fourth-order valence-corrected chi connectivity index (χ4v) is 3.79. The molecular formula is C14H23N3O2S. The molecule has 0 saturated carbocycles. The van der Waals surface area contributed by atoms with Crippen LogP contribution in [0.2, 0.25) is 0 Å². The van der Waals surface area contributed by atoms with Crippen molar-refractivity contribution in [3.63, 3.8) is 0 Å². The summed E-state index contributed by atoms with van der Waals surface area (Å²) in [5.74, 6) is 0.597. The zero-order valence-corrected chi connectivity index (χ0v) is 12.9. The van der Waals surface area contributed by atoms with Crippen LogP contribution in [0, 0.1) is 12.8 Å². The number of anilines is 1. The number of aryl methyl sites for hydroxylation is 1. The molecule has 0 bridgehead atoms. The first-order chi connectivity index (χ1) is 9.44. The van der Waals surface area contributed by atoms with E-state index >= 15 is 0 Å². The molecule has 1 aliphatic heterocycles. The number of hydrogen-bond acceptors (Lipinski definition) is 3. The van der Waals surface area contributed by atoms with Crippen LogP contribution in [0.5, 0.6) is 0 Å². The van der Waals surface area contributed by atoms with Crippen molar-refractivity contribution in [1.29, 1.82) is 0 Å². The number of nitrogens with two attached hydrogens (primary N) is 1. The molecule has 1 aromatic carbocycles. The lowest BCUT2D eigenvalue weighted by atomic mass is 10.0. The molecule has 0 atom stereocenters. The second kappa shape index (κ2) is 6.11. The highest BCUT2D eigenvalue weighted by molar-refractivity contribution is 7.90. The van der Waals surface area contributed by atoms with Crippen LogP contribution in [-0.2, 0) is 16.8 Å². The minimum atomic E-state index is -3.48. The minimum absolute atomic E-state index is 0.321. The van der Waals surface area contributed by atoms with Crippen molar-refractivity contribution in [1.82, 2.24) is 4.31 Å². The van der Waals surface area contributed by atoms with Crippen LogP contribution in [0.3, 0.4) is 0 Å². The quantitative estimate of drug-likeness (QED) is 0.890. The maximum atomic E-state index is 12.4. The number of piperidine rings is 1. The van der Waals surface area contributed by atoms with Gasteiger partial charge in [0, 0.05) is 19.6 Å². The van der Waals surface area contributed by atoms with Crippen molar-refractivity contribution in [3.05, 3.63) is 29.3 Å². The van der Waals surface area contributed by atoms with Gasteiger partial charge in [0.05, 0.1) is 5.69 Å². The molecule has 20 heavy (non-hydrogen) atoms. The molecule has 0 aromatic heterocycles. The molecule has 1 saturated heterocycles. The summed E-state index contributed by atoms with van der Waals surface area (Å²) in [5.41, 5.74) is 8.16. The molecular weight excluding hydrogens is 274 g/mol. The second-order valence-electron chi connectivity index (χ2n) is 5.49. The van der Waals surface area contributed by atoms with E-state index in [9.17, 15) is 8.42 Å². The predicted octanol–water partition coefficient (Wildman–Crippen LogP) is 1.84. The maximum Gasteiger partial charge on any atom is 0.301 e. The van der Waals surface area contributed by atoms with Gasteiger partial charge in [-0.05, 0) is 42.9 Å². The summed E-state index contributed by atoms with van der Waals surface area (Å²) >= 11 is 0. The Hall–Kier alpha value is -1.11. The van der Waals surface area contributed by atoms with Crippen LogP contribution in [0.25, 0.3) is 0 Å². The van der Waals surface area contributed by atoms with Crippen LogP contribution in [-0.4, -0.2) is 25.8 Å². The molecule has 0 radical (unpaired) electrons. The minimum Gasteiger partial charge on any atom is -0.326 e. The molecule has 1 aromatic rings. The summed E-state index contributed by atoms with van der Waals surface area (Å²) in [6, 6.07) is 5.53. The van der Waals surface area contributed by atoms with E-state index in [2.05, 4.69) is 11.6 Å². The smallest absolute Gasteiger partial charge is 0.301 e. The lowest BCUT2D eigenvalue weighted by Gasteiger charge is -2.30. The van der Waals surface area contributed by atoms with Crippen molar-refractivity contribution in [2.75, 3.05) is 17.8 Å². The Balaban J connectivity index is 2.18. The van der Waals surface area contributed by atoms with Gasteiger partial charge in [0.25, 0.3) is 0 Å². The molecule has 0 spiro atoms. The van der Waals surface area contributed by atoms with Gasteiger partial charge in [0.15, 0.2) is 0 Å². The van der Waals surface area contributed by atoms with E-state index in [-0.39, 0.29) is 0 Å². The van der Waals surface area contributed by atoms with Gasteiger partial charge in [-0.1, -0.05) is 19.1 Å². The highest BCUT2D eigenvalue weighted by Crippen LogP contribution is 2.23. The third-order valence-corrected chi connectivity index (χ3v) is 5.46. The fraction of sp³-hybridized carbons (Fsp3) is 0.571. The zero-order valence-electron chi connectivity index (χ0n) is 12.1. The largest absolute Gasteiger partial charge is 0.326 e. The highest BCUT2D eigenvalue weighted by Gasteiger charge is 2.26. The fourth-order valence-electron chi connectivity index (χ4n) is 2.50. The van der Waals surface area contributed by atoms with Gasteiger partial charge in [-0.3, -0.25) is 4.72 Å². The first-order valence-electron chi connectivity index (χ1n) is 7.00. The molecule has 1 heterocycles. The number of hydrogen-bond donors (Lipinski definition) is 2. The molecule has 1 fully saturated rings. The summed E-state index contributed by atoms with van der Waals surface area (Å²) in [5, 5.41) is 0. The Morgan fingerprint density at radius 3 is 2.60 bits per heavy atom. The molecule has 112 valence electrons. The highest BCUT2D eigenvalue weighted by atomic mass is 32.2. The second-order valence-corrected chi connectivity index (χ2v) is 7.16. The Kier molecular flexibility index (Phi) is 4.67. The monoisotopic (exact) mass is 297 g/mol. The Labute approximate surface area is 121 Å². The lowest BCUT2D eigenvalue weighted by molar-refractivity contribution is 0.289. The summed E-state index contributed by atoms with van der Waals surface area (Å²) < 4.78 is 29.0. The van der Waals surface area contributed by atoms with E-state index in [4.69, 9.17) is 5.73 Å². The predicted molar refractivity (Wildman–Crippen MR) is 81.6 cm³/mol. The topological polar surface area (TPSA) is 75.4 Å². The van der Waals surface area contributed by atoms with Crippen molar-refractivity contribution in [2.45, 2.75) is 33.2 Å². The molecule has 5 nitrogen and oxygen atoms in total. The average molecular weight is 297 g/mol. The Morgan fingerprint density at radius 2 is 2.00 bits per heavy atom. The van der Waals surface area contributed by atoms with E-state index in [1.165, 1.54) is 4.31 Å². The van der Waals surface area contributed by atoms with Gasteiger partial charge in [-0.2, -0.15) is 12.7 Å². The van der Waals surface area contributed by atoms with E-state index in [1.807, 2.05) is 19.1 Å². The van der Waals surface area contributed by atoms with E-state index < -0.39 is 10.2 Å². The zero-order chi connectivity index (χ0) is 14.8. The van der Waals surface area contributed by atoms with Gasteiger partial charge < -0.3 is 5.73 Å². The van der Waals surface area contributed by atoms with Gasteiger partial charge in [0.2, 0.25) is 0 Å². The molecule has 0 amide bonds. The first kappa shape index (κ1) is 15.3. The van der Waals surface area contributed by atoms with Crippen LogP contribution < -0.4 is 10.5 Å². The standard InChI is InChI=1S/C14H23N3O2S/c1-11-6-8-17(9-7-11)20(18,19)16-14-5-3-4-12(2)13(14)10-15/h3-5,11,16H,6-10,15H2,1-2H3. The summed E-state index contributed by atoms with van der Waals surface area (Å²) in [4.78, 5) is 0. The Morgan fingerprint density at radius 1 is 1.35 bits per heavy atom. The van der Waals surface area contributed by atoms with Crippen LogP contribution in [0.1, 0.15) is 30.9 Å². The van der Waals surface area contributed by atoms with Crippen molar-refractivity contribution < 1.29 is 8.42 Å². The Bertz CT molecular complexity index is 564. The molecule has 2 rings (SSSR count). The summed E-state index contributed by atoms with van der Waals surface area (Å²) in [7, 11) is -3.48. The third-order valence-electron chi connectivity index (χ3n) is 3.94. The normalized spacial score (nSPS) is 18.1. The SMILES string of the molecule is Cc1cccc(NS(=O)(=O)N2CCC(C)CC2)c1CN. The van der Waals surface area contributed by atoms with Crippen LogP contribution in [0.15, 0.2) is 18.2 Å². The molecule has 1 aliphatic rings.